The lowest BCUT2D eigenvalue weighted by atomic mass is 10.1. The number of thiophene rings is 1. The zero-order valence-electron chi connectivity index (χ0n) is 17.6. The normalized spacial score (nSPS) is 18.1. The number of carbonyl (C=O) groups excluding carboxylic acids is 3. The van der Waals surface area contributed by atoms with E-state index >= 15 is 0 Å². The minimum atomic E-state index is -3.58. The van der Waals surface area contributed by atoms with E-state index in [4.69, 9.17) is 4.74 Å². The summed E-state index contributed by atoms with van der Waals surface area (Å²) in [5.41, 5.74) is 0.705. The maximum Gasteiger partial charge on any atom is 0.328 e. The predicted molar refractivity (Wildman–Crippen MR) is 117 cm³/mol. The Labute approximate surface area is 190 Å². The number of esters is 1. The zero-order valence-corrected chi connectivity index (χ0v) is 19.3. The zero-order chi connectivity index (χ0) is 23.3. The van der Waals surface area contributed by atoms with Gasteiger partial charge in [0.05, 0.1) is 18.2 Å². The molecule has 1 aliphatic rings. The predicted octanol–water partition coefficient (Wildman–Crippen LogP) is 0.130. The fourth-order valence-electron chi connectivity index (χ4n) is 3.43. The molecule has 1 N–H and O–H groups in total. The van der Waals surface area contributed by atoms with Crippen LogP contribution in [0.25, 0.3) is 0 Å². The van der Waals surface area contributed by atoms with Crippen LogP contribution in [-0.4, -0.2) is 85.5 Å². The van der Waals surface area contributed by atoms with Crippen molar-refractivity contribution in [3.8, 4) is 0 Å². The summed E-state index contributed by atoms with van der Waals surface area (Å²) < 4.78 is 30.2. The third kappa shape index (κ3) is 5.69. The third-order valence-electron chi connectivity index (χ3n) is 5.07. The summed E-state index contributed by atoms with van der Waals surface area (Å²) in [6.07, 6.45) is 4.35. The molecule has 2 aromatic rings. The highest BCUT2D eigenvalue weighted by molar-refractivity contribution is 7.88. The van der Waals surface area contributed by atoms with E-state index in [9.17, 15) is 22.8 Å². The number of nitrogens with zero attached hydrogens (tertiary/aromatic N) is 3. The van der Waals surface area contributed by atoms with Gasteiger partial charge in [0.1, 0.15) is 12.1 Å². The van der Waals surface area contributed by atoms with Crippen molar-refractivity contribution in [3.05, 3.63) is 52.5 Å². The van der Waals surface area contributed by atoms with Crippen LogP contribution >= 0.6 is 11.3 Å². The smallest absolute Gasteiger partial charge is 0.328 e. The van der Waals surface area contributed by atoms with Crippen LogP contribution in [0.2, 0.25) is 0 Å². The number of carbonyl (C=O) groups is 3. The van der Waals surface area contributed by atoms with E-state index in [2.05, 4.69) is 10.3 Å². The largest absolute Gasteiger partial charge is 0.467 e. The molecule has 0 bridgehead atoms. The van der Waals surface area contributed by atoms with Gasteiger partial charge in [-0.25, -0.2) is 13.2 Å². The van der Waals surface area contributed by atoms with E-state index in [1.54, 1.807) is 42.0 Å². The lowest BCUT2D eigenvalue weighted by Crippen LogP contribution is -2.62. The van der Waals surface area contributed by atoms with Crippen molar-refractivity contribution in [3.63, 3.8) is 0 Å². The van der Waals surface area contributed by atoms with Gasteiger partial charge in [-0.2, -0.15) is 4.31 Å². The van der Waals surface area contributed by atoms with Crippen molar-refractivity contribution in [2.24, 2.45) is 0 Å². The number of hydrogen-bond acceptors (Lipinski definition) is 8. The van der Waals surface area contributed by atoms with Crippen LogP contribution in [0.5, 0.6) is 0 Å². The highest BCUT2D eigenvalue weighted by Crippen LogP contribution is 2.19. The average molecular weight is 481 g/mol. The van der Waals surface area contributed by atoms with Gasteiger partial charge in [0, 0.05) is 38.4 Å². The van der Waals surface area contributed by atoms with Gasteiger partial charge in [0.25, 0.3) is 5.91 Å². The van der Waals surface area contributed by atoms with E-state index < -0.39 is 34.0 Å². The Balaban J connectivity index is 1.84. The number of hydrogen-bond donors (Lipinski definition) is 1. The van der Waals surface area contributed by atoms with Gasteiger partial charge in [-0.1, -0.05) is 12.1 Å². The minimum absolute atomic E-state index is 0.0490. The third-order valence-corrected chi connectivity index (χ3v) is 7.20. The quantitative estimate of drug-likeness (QED) is 0.558. The molecule has 0 spiro atoms. The molecule has 1 fully saturated rings. The average Bonchev–Trinajstić information content (AvgIpc) is 3.32. The molecule has 0 aliphatic carbocycles. The number of rotatable bonds is 7. The van der Waals surface area contributed by atoms with Crippen molar-refractivity contribution in [2.75, 3.05) is 33.0 Å². The molecule has 10 nitrogen and oxygen atoms in total. The molecule has 3 heterocycles. The maximum atomic E-state index is 13.2. The Morgan fingerprint density at radius 2 is 2.06 bits per heavy atom. The standard InChI is InChI=1S/C20H24N4O6S2/c1-30-20(27)15(11-14-5-3-7-21-12-14)22-18(25)16-13-23(32(2,28)29)8-9-24(16)19(26)17-6-4-10-31-17/h3-7,10,12,15-16H,8-9,11,13H2,1-2H3,(H,22,25)/t15-,16-/m1/s1. The number of pyridine rings is 1. The lowest BCUT2D eigenvalue weighted by Gasteiger charge is -2.39. The second-order valence-electron chi connectivity index (χ2n) is 7.26. The van der Waals surface area contributed by atoms with Crippen LogP contribution in [0.3, 0.4) is 0 Å². The maximum absolute atomic E-state index is 13.2. The number of amides is 2. The molecule has 1 aliphatic heterocycles. The van der Waals surface area contributed by atoms with Gasteiger partial charge in [-0.3, -0.25) is 14.6 Å². The molecule has 172 valence electrons. The Morgan fingerprint density at radius 3 is 2.66 bits per heavy atom. The summed E-state index contributed by atoms with van der Waals surface area (Å²) in [5.74, 6) is -1.66. The van der Waals surface area contributed by atoms with Crippen LogP contribution in [-0.2, 0) is 30.8 Å². The van der Waals surface area contributed by atoms with Crippen molar-refractivity contribution in [2.45, 2.75) is 18.5 Å². The first-order chi connectivity index (χ1) is 15.2. The molecule has 2 atom stereocenters. The summed E-state index contributed by atoms with van der Waals surface area (Å²) >= 11 is 1.23. The molecular weight excluding hydrogens is 456 g/mol. The summed E-state index contributed by atoms with van der Waals surface area (Å²) in [7, 11) is -2.36. The molecule has 2 amide bonds. The second kappa shape index (κ2) is 10.2. The molecule has 0 aromatic carbocycles. The first-order valence-corrected chi connectivity index (χ1v) is 12.5. The highest BCUT2D eigenvalue weighted by Gasteiger charge is 2.40. The van der Waals surface area contributed by atoms with E-state index in [1.807, 2.05) is 0 Å². The van der Waals surface area contributed by atoms with Crippen molar-refractivity contribution < 1.29 is 27.5 Å². The SMILES string of the molecule is COC(=O)[C@@H](Cc1cccnc1)NC(=O)[C@H]1CN(S(C)(=O)=O)CCN1C(=O)c1cccs1. The molecule has 32 heavy (non-hydrogen) atoms. The Hall–Kier alpha value is -2.83. The van der Waals surface area contributed by atoms with Crippen molar-refractivity contribution in [1.82, 2.24) is 19.5 Å². The van der Waals surface area contributed by atoms with Crippen LogP contribution < -0.4 is 5.32 Å². The minimum Gasteiger partial charge on any atom is -0.467 e. The highest BCUT2D eigenvalue weighted by atomic mass is 32.2. The van der Waals surface area contributed by atoms with Gasteiger partial charge < -0.3 is 15.0 Å². The van der Waals surface area contributed by atoms with Crippen LogP contribution in [0.1, 0.15) is 15.2 Å². The fraction of sp³-hybridized carbons (Fsp3) is 0.400. The number of aromatic nitrogens is 1. The van der Waals surface area contributed by atoms with Gasteiger partial charge in [0.2, 0.25) is 15.9 Å². The van der Waals surface area contributed by atoms with Crippen LogP contribution in [0, 0.1) is 0 Å². The van der Waals surface area contributed by atoms with Crippen molar-refractivity contribution in [1.29, 1.82) is 0 Å². The molecule has 0 radical (unpaired) electrons. The van der Waals surface area contributed by atoms with Gasteiger partial charge >= 0.3 is 5.97 Å². The number of nitrogens with one attached hydrogen (secondary N) is 1. The van der Waals surface area contributed by atoms with Crippen LogP contribution in [0.15, 0.2) is 42.0 Å². The number of sulfonamides is 1. The Kier molecular flexibility index (Phi) is 7.59. The first-order valence-electron chi connectivity index (χ1n) is 9.77. The molecule has 3 rings (SSSR count). The fourth-order valence-corrected chi connectivity index (χ4v) is 4.93. The number of ether oxygens (including phenoxy) is 1. The van der Waals surface area contributed by atoms with Crippen molar-refractivity contribution >= 4 is 39.1 Å². The second-order valence-corrected chi connectivity index (χ2v) is 10.2. The molecule has 2 aromatic heterocycles. The summed E-state index contributed by atoms with van der Waals surface area (Å²) in [4.78, 5) is 44.3. The summed E-state index contributed by atoms with van der Waals surface area (Å²) in [6.45, 7) is -0.0776. The first kappa shape index (κ1) is 23.8. The number of methoxy groups -OCH3 is 1. The molecule has 0 saturated carbocycles. The molecule has 12 heteroatoms. The van der Waals surface area contributed by atoms with Gasteiger partial charge in [-0.15, -0.1) is 11.3 Å². The summed E-state index contributed by atoms with van der Waals surface area (Å²) in [6, 6.07) is 4.70. The lowest BCUT2D eigenvalue weighted by molar-refractivity contribution is -0.145. The Morgan fingerprint density at radius 1 is 1.28 bits per heavy atom. The Bertz CT molecular complexity index is 1060. The topological polar surface area (TPSA) is 126 Å². The molecule has 1 saturated heterocycles. The molecular formula is C20H24N4O6S2. The van der Waals surface area contributed by atoms with Gasteiger partial charge in [-0.05, 0) is 23.1 Å². The van der Waals surface area contributed by atoms with Gasteiger partial charge in [0.15, 0.2) is 0 Å². The van der Waals surface area contributed by atoms with E-state index in [1.165, 1.54) is 23.3 Å². The molecule has 0 unspecified atom stereocenters. The van der Waals surface area contributed by atoms with E-state index in [0.29, 0.717) is 10.4 Å². The summed E-state index contributed by atoms with van der Waals surface area (Å²) in [5, 5.41) is 4.38. The number of piperazine rings is 1. The monoisotopic (exact) mass is 480 g/mol. The van der Waals surface area contributed by atoms with E-state index in [0.717, 1.165) is 10.6 Å². The van der Waals surface area contributed by atoms with E-state index in [-0.39, 0.29) is 32.0 Å². The van der Waals surface area contributed by atoms with Crippen LogP contribution in [0.4, 0.5) is 0 Å².